The van der Waals surface area contributed by atoms with E-state index >= 15 is 0 Å². The third kappa shape index (κ3) is 8.34. The summed E-state index contributed by atoms with van der Waals surface area (Å²) in [5, 5.41) is 16.2. The number of rotatable bonds is 12. The first kappa shape index (κ1) is 32.9. The lowest BCUT2D eigenvalue weighted by Gasteiger charge is -2.17. The predicted molar refractivity (Wildman–Crippen MR) is 175 cm³/mol. The summed E-state index contributed by atoms with van der Waals surface area (Å²) in [6.45, 7) is 3.77. The summed E-state index contributed by atoms with van der Waals surface area (Å²) in [5.74, 6) is -1.28. The molecule has 2 amide bonds. The van der Waals surface area contributed by atoms with Gasteiger partial charge in [0.15, 0.2) is 5.82 Å². The summed E-state index contributed by atoms with van der Waals surface area (Å²) in [7, 11) is 1.30. The first-order valence-electron chi connectivity index (χ1n) is 14.4. The highest BCUT2D eigenvalue weighted by molar-refractivity contribution is 5.97. The number of esters is 1. The van der Waals surface area contributed by atoms with Gasteiger partial charge in [-0.3, -0.25) is 24.4 Å². The minimum Gasteiger partial charge on any atom is -0.465 e. The number of methoxy groups -OCH3 is 1. The highest BCUT2D eigenvalue weighted by atomic mass is 16.5. The summed E-state index contributed by atoms with van der Waals surface area (Å²) in [5.41, 5.74) is 14.9. The van der Waals surface area contributed by atoms with Crippen LogP contribution in [0.15, 0.2) is 77.7 Å². The van der Waals surface area contributed by atoms with Gasteiger partial charge in [-0.15, -0.1) is 0 Å². The Hall–Kier alpha value is -5.98. The van der Waals surface area contributed by atoms with Crippen LogP contribution in [0.2, 0.25) is 0 Å². The standard InChI is InChI=1S/C33H36N8O5/c1-19(2)40-30-32(44)41(18-28(42)37-15-20-4-8-22(9-5-20)29(35)36)27(17-38-30)24-12-25(14-26(34)13-24)31(43)39-16-21-6-10-23(11-7-21)33(45)46-3/h4-14,17,19H,15-16,18,34H2,1-3H3,(H3,35,36)(H,37,42)(H,38,40)(H,39,43). The van der Waals surface area contributed by atoms with Crippen LogP contribution in [0.25, 0.3) is 11.3 Å². The predicted octanol–water partition coefficient (Wildman–Crippen LogP) is 2.63. The number of hydrogen-bond acceptors (Lipinski definition) is 9. The number of amides is 2. The maximum absolute atomic E-state index is 13.5. The highest BCUT2D eigenvalue weighted by Gasteiger charge is 2.18. The van der Waals surface area contributed by atoms with E-state index in [1.165, 1.54) is 23.9 Å². The number of nitrogen functional groups attached to an aromatic ring is 2. The van der Waals surface area contributed by atoms with Crippen LogP contribution in [-0.4, -0.2) is 46.3 Å². The maximum atomic E-state index is 13.5. The second kappa shape index (κ2) is 14.7. The molecule has 13 nitrogen and oxygen atoms in total. The van der Waals surface area contributed by atoms with Gasteiger partial charge in [0.1, 0.15) is 12.4 Å². The van der Waals surface area contributed by atoms with Crippen LogP contribution in [0.4, 0.5) is 11.5 Å². The van der Waals surface area contributed by atoms with Crippen molar-refractivity contribution in [1.82, 2.24) is 20.2 Å². The fourth-order valence-corrected chi connectivity index (χ4v) is 4.54. The zero-order chi connectivity index (χ0) is 33.4. The van der Waals surface area contributed by atoms with Crippen molar-refractivity contribution in [3.63, 3.8) is 0 Å². The summed E-state index contributed by atoms with van der Waals surface area (Å²) in [6, 6.07) is 18.1. The third-order valence-corrected chi connectivity index (χ3v) is 6.88. The lowest BCUT2D eigenvalue weighted by molar-refractivity contribution is -0.121. The molecule has 3 aromatic carbocycles. The molecule has 0 aliphatic rings. The van der Waals surface area contributed by atoms with Gasteiger partial charge in [-0.25, -0.2) is 9.78 Å². The van der Waals surface area contributed by atoms with E-state index in [-0.39, 0.29) is 48.6 Å². The molecule has 46 heavy (non-hydrogen) atoms. The van der Waals surface area contributed by atoms with Crippen LogP contribution in [0.5, 0.6) is 0 Å². The van der Waals surface area contributed by atoms with Crippen molar-refractivity contribution in [3.8, 4) is 11.3 Å². The molecular formula is C33H36N8O5. The zero-order valence-corrected chi connectivity index (χ0v) is 25.7. The number of amidine groups is 1. The Kier molecular flexibility index (Phi) is 10.5. The highest BCUT2D eigenvalue weighted by Crippen LogP contribution is 2.24. The van der Waals surface area contributed by atoms with Gasteiger partial charge in [-0.05, 0) is 55.3 Å². The van der Waals surface area contributed by atoms with Gasteiger partial charge in [-0.2, -0.15) is 0 Å². The molecule has 0 aliphatic carbocycles. The minimum absolute atomic E-state index is 0.0556. The molecule has 1 heterocycles. The molecule has 1 aromatic heterocycles. The lowest BCUT2D eigenvalue weighted by atomic mass is 10.1. The van der Waals surface area contributed by atoms with E-state index in [0.717, 1.165) is 11.1 Å². The molecule has 0 atom stereocenters. The summed E-state index contributed by atoms with van der Waals surface area (Å²) >= 11 is 0. The number of hydrogen-bond donors (Lipinski definition) is 6. The topological polar surface area (TPSA) is 207 Å². The molecule has 0 bridgehead atoms. The first-order chi connectivity index (χ1) is 21.9. The largest absolute Gasteiger partial charge is 0.465 e. The van der Waals surface area contributed by atoms with Crippen molar-refractivity contribution >= 4 is 35.1 Å². The van der Waals surface area contributed by atoms with Crippen LogP contribution in [0.1, 0.15) is 51.3 Å². The smallest absolute Gasteiger partial charge is 0.337 e. The average Bonchev–Trinajstić information content (AvgIpc) is 3.04. The molecule has 238 valence electrons. The Morgan fingerprint density at radius 1 is 0.913 bits per heavy atom. The van der Waals surface area contributed by atoms with E-state index in [0.29, 0.717) is 22.4 Å². The molecular weight excluding hydrogens is 588 g/mol. The summed E-state index contributed by atoms with van der Waals surface area (Å²) in [6.07, 6.45) is 1.46. The second-order valence-electron chi connectivity index (χ2n) is 10.8. The Bertz CT molecular complexity index is 1820. The molecule has 8 N–H and O–H groups in total. The minimum atomic E-state index is -0.518. The van der Waals surface area contributed by atoms with E-state index in [2.05, 4.69) is 20.9 Å². The lowest BCUT2D eigenvalue weighted by Crippen LogP contribution is -2.35. The van der Waals surface area contributed by atoms with Gasteiger partial charge >= 0.3 is 5.97 Å². The molecule has 0 aliphatic heterocycles. The van der Waals surface area contributed by atoms with Crippen molar-refractivity contribution < 1.29 is 19.1 Å². The van der Waals surface area contributed by atoms with Crippen molar-refractivity contribution in [2.75, 3.05) is 18.2 Å². The Morgan fingerprint density at radius 2 is 1.52 bits per heavy atom. The third-order valence-electron chi connectivity index (χ3n) is 6.88. The molecule has 0 spiro atoms. The number of nitrogens with two attached hydrogens (primary N) is 2. The van der Waals surface area contributed by atoms with Crippen molar-refractivity contribution in [1.29, 1.82) is 5.41 Å². The second-order valence-corrected chi connectivity index (χ2v) is 10.8. The number of nitrogens with zero attached hydrogens (tertiary/aromatic N) is 2. The molecule has 0 unspecified atom stereocenters. The van der Waals surface area contributed by atoms with Crippen LogP contribution in [0, 0.1) is 5.41 Å². The number of carbonyl (C=O) groups is 3. The molecule has 0 fully saturated rings. The normalized spacial score (nSPS) is 10.7. The Labute approximate surface area is 265 Å². The number of aromatic nitrogens is 2. The molecule has 4 aromatic rings. The van der Waals surface area contributed by atoms with Gasteiger partial charge in [0.2, 0.25) is 5.91 Å². The van der Waals surface area contributed by atoms with Gasteiger partial charge in [-0.1, -0.05) is 36.4 Å². The van der Waals surface area contributed by atoms with Gasteiger partial charge < -0.3 is 32.2 Å². The van der Waals surface area contributed by atoms with Gasteiger partial charge in [0.05, 0.1) is 24.6 Å². The zero-order valence-electron chi connectivity index (χ0n) is 25.7. The summed E-state index contributed by atoms with van der Waals surface area (Å²) in [4.78, 5) is 55.8. The SMILES string of the molecule is COC(=O)c1ccc(CNC(=O)c2cc(N)cc(-c3cnc(NC(C)C)c(=O)n3CC(=O)NCc3ccc(C(=N)N)cc3)c2)cc1. The fourth-order valence-electron chi connectivity index (χ4n) is 4.54. The van der Waals surface area contributed by atoms with E-state index in [9.17, 15) is 19.2 Å². The monoisotopic (exact) mass is 624 g/mol. The molecule has 13 heteroatoms. The fraction of sp³-hybridized carbons (Fsp3) is 0.212. The summed E-state index contributed by atoms with van der Waals surface area (Å²) < 4.78 is 5.99. The number of ether oxygens (including phenoxy) is 1. The molecule has 4 rings (SSSR count). The Morgan fingerprint density at radius 3 is 2.11 bits per heavy atom. The number of benzene rings is 3. The quantitative estimate of drug-likeness (QED) is 0.0592. The van der Waals surface area contributed by atoms with Gasteiger partial charge in [0, 0.05) is 41.5 Å². The maximum Gasteiger partial charge on any atom is 0.337 e. The molecule has 0 saturated heterocycles. The van der Waals surface area contributed by atoms with Crippen LogP contribution >= 0.6 is 0 Å². The number of nitrogens with one attached hydrogen (secondary N) is 4. The van der Waals surface area contributed by atoms with Crippen LogP contribution in [0.3, 0.4) is 0 Å². The van der Waals surface area contributed by atoms with E-state index in [1.807, 2.05) is 13.8 Å². The molecule has 0 saturated carbocycles. The van der Waals surface area contributed by atoms with Crippen molar-refractivity contribution in [2.24, 2.45) is 5.73 Å². The Balaban J connectivity index is 1.57. The average molecular weight is 625 g/mol. The first-order valence-corrected chi connectivity index (χ1v) is 14.4. The number of anilines is 2. The van der Waals surface area contributed by atoms with E-state index in [4.69, 9.17) is 21.6 Å². The van der Waals surface area contributed by atoms with Crippen molar-refractivity contribution in [2.45, 2.75) is 39.5 Å². The van der Waals surface area contributed by atoms with Crippen LogP contribution in [-0.2, 0) is 29.2 Å². The molecule has 0 radical (unpaired) electrons. The van der Waals surface area contributed by atoms with E-state index < -0.39 is 23.3 Å². The van der Waals surface area contributed by atoms with Gasteiger partial charge in [0.25, 0.3) is 11.5 Å². The van der Waals surface area contributed by atoms with E-state index in [1.54, 1.807) is 60.7 Å². The number of carbonyl (C=O) groups excluding carboxylic acids is 3. The van der Waals surface area contributed by atoms with Crippen molar-refractivity contribution in [3.05, 3.63) is 111 Å². The van der Waals surface area contributed by atoms with Crippen LogP contribution < -0.4 is 33.0 Å².